The lowest BCUT2D eigenvalue weighted by Crippen LogP contribution is -2.15. The van der Waals surface area contributed by atoms with Crippen molar-refractivity contribution in [2.45, 2.75) is 39.0 Å². The van der Waals surface area contributed by atoms with Gasteiger partial charge in [0, 0.05) is 37.3 Å². The van der Waals surface area contributed by atoms with E-state index < -0.39 is 29.7 Å². The van der Waals surface area contributed by atoms with Crippen LogP contribution in [0.5, 0.6) is 0 Å². The number of esters is 1. The average Bonchev–Trinajstić information content (AvgIpc) is 3.42. The number of benzene rings is 4. The molecule has 0 bridgehead atoms. The lowest BCUT2D eigenvalue weighted by Gasteiger charge is -2.14. The highest BCUT2D eigenvalue weighted by atomic mass is 31.2. The molecule has 2 N–H and O–H groups in total. The van der Waals surface area contributed by atoms with Crippen molar-refractivity contribution in [1.29, 1.82) is 0 Å². The fourth-order valence-electron chi connectivity index (χ4n) is 4.41. The Bertz CT molecular complexity index is 1790. The van der Waals surface area contributed by atoms with E-state index in [1.807, 2.05) is 60.7 Å². The first-order chi connectivity index (χ1) is 24.0. The van der Waals surface area contributed by atoms with Crippen molar-refractivity contribution in [3.8, 4) is 0 Å². The molecular weight excluding hydrogens is 675 g/mol. The molecule has 0 aromatic heterocycles. The number of carbonyl (C=O) groups excluding carboxylic acids is 1. The number of phosphoric acid groups is 1. The summed E-state index contributed by atoms with van der Waals surface area (Å²) in [6.45, 7) is -0.437. The molecule has 1 aliphatic heterocycles. The minimum absolute atomic E-state index is 0.0450. The van der Waals surface area contributed by atoms with Crippen molar-refractivity contribution in [3.05, 3.63) is 163 Å². The first-order valence-electron chi connectivity index (χ1n) is 15.0. The first-order valence-corrected chi connectivity index (χ1v) is 16.5. The van der Waals surface area contributed by atoms with Crippen LogP contribution >= 0.6 is 7.82 Å². The molecule has 4 aromatic carbocycles. The van der Waals surface area contributed by atoms with Crippen LogP contribution < -0.4 is 0 Å². The van der Waals surface area contributed by atoms with Crippen LogP contribution in [0.1, 0.15) is 28.7 Å². The molecule has 0 spiro atoms. The highest BCUT2D eigenvalue weighted by Crippen LogP contribution is 2.45. The van der Waals surface area contributed by atoms with Gasteiger partial charge >= 0.3 is 13.8 Å². The van der Waals surface area contributed by atoms with Crippen LogP contribution in [0.15, 0.2) is 121 Å². The van der Waals surface area contributed by atoms with Gasteiger partial charge in [-0.05, 0) is 22.3 Å². The predicted octanol–water partition coefficient (Wildman–Crippen LogP) is 6.28. The molecule has 0 aliphatic carbocycles. The van der Waals surface area contributed by atoms with E-state index in [1.54, 1.807) is 12.1 Å². The van der Waals surface area contributed by atoms with Gasteiger partial charge in [-0.1, -0.05) is 84.9 Å². The van der Waals surface area contributed by atoms with Gasteiger partial charge in [-0.15, -0.1) is 0 Å². The van der Waals surface area contributed by atoms with Crippen molar-refractivity contribution in [2.75, 3.05) is 6.61 Å². The number of aliphatic hydroxyl groups is 1. The third-order valence-corrected chi connectivity index (χ3v) is 7.75. The number of nitro groups is 2. The predicted molar refractivity (Wildman–Crippen MR) is 177 cm³/mol. The summed E-state index contributed by atoms with van der Waals surface area (Å²) in [6, 6.07) is 29.9. The Kier molecular flexibility index (Phi) is 13.7. The van der Waals surface area contributed by atoms with Gasteiger partial charge in [0.05, 0.1) is 23.1 Å². The number of hydrogen-bond acceptors (Lipinski definition) is 12. The van der Waals surface area contributed by atoms with Crippen LogP contribution in [0.4, 0.5) is 11.4 Å². The van der Waals surface area contributed by atoms with E-state index in [9.17, 15) is 39.6 Å². The quantitative estimate of drug-likeness (QED) is 0.0570. The van der Waals surface area contributed by atoms with E-state index in [1.165, 1.54) is 36.4 Å². The highest BCUT2D eigenvalue weighted by Gasteiger charge is 2.37. The lowest BCUT2D eigenvalue weighted by atomic mass is 10.2. The van der Waals surface area contributed by atoms with Crippen molar-refractivity contribution in [1.82, 2.24) is 0 Å². The molecule has 0 radical (unpaired) electrons. The van der Waals surface area contributed by atoms with E-state index in [0.29, 0.717) is 11.1 Å². The molecule has 16 heteroatoms. The van der Waals surface area contributed by atoms with Crippen molar-refractivity contribution < 1.29 is 52.5 Å². The molecule has 5 rings (SSSR count). The number of nitrogens with zero attached hydrogens (tertiary/aromatic N) is 2. The number of carbonyl (C=O) groups is 1. The van der Waals surface area contributed by atoms with Crippen LogP contribution in [0, 0.1) is 20.2 Å². The minimum Gasteiger partial charge on any atom is -0.485 e. The maximum Gasteiger partial charge on any atom is 0.472 e. The molecule has 0 amide bonds. The summed E-state index contributed by atoms with van der Waals surface area (Å²) >= 11 is 0. The smallest absolute Gasteiger partial charge is 0.472 e. The van der Waals surface area contributed by atoms with Gasteiger partial charge in [-0.3, -0.25) is 29.3 Å². The summed E-state index contributed by atoms with van der Waals surface area (Å²) in [6.07, 6.45) is -0.809. The summed E-state index contributed by atoms with van der Waals surface area (Å²) in [5.41, 5.74) is 2.35. The Balaban J connectivity index is 0.000000252. The summed E-state index contributed by atoms with van der Waals surface area (Å²) < 4.78 is 37.9. The summed E-state index contributed by atoms with van der Waals surface area (Å²) in [5, 5.41) is 31.1. The molecular formula is C34H33N2O13P. The number of aliphatic hydroxyl groups excluding tert-OH is 1. The monoisotopic (exact) mass is 708 g/mol. The summed E-state index contributed by atoms with van der Waals surface area (Å²) in [4.78, 5) is 42.6. The molecule has 0 fully saturated rings. The first kappa shape index (κ1) is 37.4. The van der Waals surface area contributed by atoms with Gasteiger partial charge in [0.2, 0.25) is 5.76 Å². The number of cyclic esters (lactones) is 1. The molecule has 262 valence electrons. The van der Waals surface area contributed by atoms with Crippen molar-refractivity contribution in [2.24, 2.45) is 0 Å². The topological polar surface area (TPSA) is 207 Å². The number of non-ortho nitro benzene ring substituents is 2. The molecule has 1 atom stereocenters. The third kappa shape index (κ3) is 11.6. The minimum atomic E-state index is -4.02. The largest absolute Gasteiger partial charge is 0.485 e. The lowest BCUT2D eigenvalue weighted by molar-refractivity contribution is -0.385. The Labute approximate surface area is 286 Å². The van der Waals surface area contributed by atoms with Crippen LogP contribution in [-0.2, 0) is 59.0 Å². The van der Waals surface area contributed by atoms with Gasteiger partial charge in [-0.2, -0.15) is 0 Å². The average molecular weight is 709 g/mol. The van der Waals surface area contributed by atoms with Crippen molar-refractivity contribution in [3.63, 3.8) is 0 Å². The Hall–Kier alpha value is -5.44. The van der Waals surface area contributed by atoms with Crippen LogP contribution in [-0.4, -0.2) is 38.5 Å². The number of ether oxygens (including phenoxy) is 3. The van der Waals surface area contributed by atoms with Crippen molar-refractivity contribution >= 4 is 25.2 Å². The van der Waals surface area contributed by atoms with E-state index >= 15 is 0 Å². The Morgan fingerprint density at radius 1 is 0.680 bits per heavy atom. The molecule has 0 saturated heterocycles. The number of phosphoric ester groups is 1. The second kappa shape index (κ2) is 18.4. The van der Waals surface area contributed by atoms with Gasteiger partial charge in [0.25, 0.3) is 11.4 Å². The molecule has 1 unspecified atom stereocenters. The Morgan fingerprint density at radius 2 is 1.14 bits per heavy atom. The van der Waals surface area contributed by atoms with Gasteiger partial charge in [-0.25, -0.2) is 9.36 Å². The molecule has 1 heterocycles. The SMILES string of the molecule is O=C1OC(CCO)C(OCc2cccc([N+](=O)[O-])c2)=C1OCc1cccc([N+](=O)[O-])c1.O=P(O)(OCc1ccccc1)OCc1ccccc1. The fourth-order valence-corrected chi connectivity index (χ4v) is 5.11. The second-order valence-corrected chi connectivity index (χ2v) is 12.0. The number of hydrogen-bond donors (Lipinski definition) is 2. The fraction of sp³-hybridized carbons (Fsp3) is 0.206. The third-order valence-electron chi connectivity index (χ3n) is 6.84. The zero-order chi connectivity index (χ0) is 35.9. The van der Waals surface area contributed by atoms with E-state index in [0.717, 1.165) is 11.1 Å². The van der Waals surface area contributed by atoms with Gasteiger partial charge in [0.1, 0.15) is 13.2 Å². The number of nitro benzene ring substituents is 2. The maximum absolute atomic E-state index is 12.3. The summed E-state index contributed by atoms with van der Waals surface area (Å²) in [7, 11) is -4.02. The van der Waals surface area contributed by atoms with Crippen LogP contribution in [0.25, 0.3) is 0 Å². The zero-order valence-corrected chi connectivity index (χ0v) is 27.3. The molecule has 1 aliphatic rings. The van der Waals surface area contributed by atoms with Gasteiger partial charge in [0.15, 0.2) is 11.9 Å². The summed E-state index contributed by atoms with van der Waals surface area (Å²) in [5.74, 6) is -0.954. The molecule has 0 saturated carbocycles. The Morgan fingerprint density at radius 3 is 1.60 bits per heavy atom. The standard InChI is InChI=1S/C20H18N2O9.C14H15O4P/c23-8-7-17-18(29-11-13-3-1-5-15(9-13)21(25)26)19(20(24)31-17)30-12-14-4-2-6-16(10-14)22(27)28;15-19(16,17-11-13-7-3-1-4-8-13)18-12-14-9-5-2-6-10-14/h1-6,9-10,17,23H,7-8,11-12H2;1-10H,11-12H2,(H,15,16). The van der Waals surface area contributed by atoms with E-state index in [2.05, 4.69) is 0 Å². The van der Waals surface area contributed by atoms with E-state index in [4.69, 9.17) is 23.3 Å². The maximum atomic E-state index is 12.3. The normalized spacial score (nSPS) is 14.0. The molecule has 4 aromatic rings. The van der Waals surface area contributed by atoms with Crippen LogP contribution in [0.2, 0.25) is 0 Å². The second-order valence-electron chi connectivity index (χ2n) is 10.5. The highest BCUT2D eigenvalue weighted by molar-refractivity contribution is 7.47. The van der Waals surface area contributed by atoms with E-state index in [-0.39, 0.29) is 62.3 Å². The zero-order valence-electron chi connectivity index (χ0n) is 26.4. The molecule has 50 heavy (non-hydrogen) atoms. The number of rotatable bonds is 16. The van der Waals surface area contributed by atoms with Gasteiger partial charge < -0.3 is 24.2 Å². The van der Waals surface area contributed by atoms with Crippen LogP contribution in [0.3, 0.4) is 0 Å². The molecule has 15 nitrogen and oxygen atoms in total.